The molecule has 0 saturated heterocycles. The van der Waals surface area contributed by atoms with E-state index in [0.29, 0.717) is 25.6 Å². The van der Waals surface area contributed by atoms with E-state index in [-0.39, 0.29) is 18.2 Å². The molecule has 1 heterocycles. The van der Waals surface area contributed by atoms with Crippen LogP contribution in [0.2, 0.25) is 0 Å². The average Bonchev–Trinajstić information content (AvgIpc) is 2.35. The zero-order valence-corrected chi connectivity index (χ0v) is 10.5. The highest BCUT2D eigenvalue weighted by molar-refractivity contribution is 5.48. The normalized spacial score (nSPS) is 10.1. The van der Waals surface area contributed by atoms with Crippen LogP contribution in [0.5, 0.6) is 5.88 Å². The first-order chi connectivity index (χ1) is 8.69. The summed E-state index contributed by atoms with van der Waals surface area (Å²) in [4.78, 5) is 14.3. The van der Waals surface area contributed by atoms with Crippen molar-refractivity contribution in [2.75, 3.05) is 31.7 Å². The summed E-state index contributed by atoms with van der Waals surface area (Å²) in [5.74, 6) is 0.563. The largest absolute Gasteiger partial charge is 0.470 e. The van der Waals surface area contributed by atoms with Gasteiger partial charge in [0.2, 0.25) is 0 Å². The molecule has 0 aliphatic carbocycles. The summed E-state index contributed by atoms with van der Waals surface area (Å²) in [6.45, 7) is 5.66. The number of hydrogen-bond acceptors (Lipinski definition) is 6. The second kappa shape index (κ2) is 7.44. The van der Waals surface area contributed by atoms with E-state index in [9.17, 15) is 10.1 Å². The van der Waals surface area contributed by atoms with Gasteiger partial charge in [-0.15, -0.1) is 0 Å². The Labute approximate surface area is 105 Å². The Hall–Kier alpha value is -1.89. The molecule has 1 aromatic heterocycles. The molecule has 1 rings (SSSR count). The highest BCUT2D eigenvalue weighted by Crippen LogP contribution is 2.26. The van der Waals surface area contributed by atoms with Crippen LogP contribution in [0.25, 0.3) is 0 Å². The molecule has 0 unspecified atom stereocenters. The van der Waals surface area contributed by atoms with Crippen molar-refractivity contribution in [1.82, 2.24) is 4.98 Å². The summed E-state index contributed by atoms with van der Waals surface area (Å²) in [6.07, 6.45) is 0. The van der Waals surface area contributed by atoms with E-state index in [2.05, 4.69) is 10.3 Å². The van der Waals surface area contributed by atoms with Gasteiger partial charge in [0.25, 0.3) is 5.88 Å². The minimum Gasteiger partial charge on any atom is -0.470 e. The number of nitrogens with one attached hydrogen (secondary N) is 1. The lowest BCUT2D eigenvalue weighted by atomic mass is 10.4. The van der Waals surface area contributed by atoms with Crippen LogP contribution in [-0.4, -0.2) is 36.3 Å². The molecule has 1 aromatic rings. The van der Waals surface area contributed by atoms with Crippen molar-refractivity contribution in [1.29, 1.82) is 0 Å². The molecule has 7 heteroatoms. The third-order valence-electron chi connectivity index (χ3n) is 2.07. The van der Waals surface area contributed by atoms with Crippen LogP contribution in [0.15, 0.2) is 12.1 Å². The highest BCUT2D eigenvalue weighted by atomic mass is 16.6. The Bertz CT molecular complexity index is 398. The van der Waals surface area contributed by atoms with Crippen molar-refractivity contribution >= 4 is 11.5 Å². The van der Waals surface area contributed by atoms with Crippen molar-refractivity contribution in [2.24, 2.45) is 0 Å². The first-order valence-electron chi connectivity index (χ1n) is 5.78. The monoisotopic (exact) mass is 255 g/mol. The van der Waals surface area contributed by atoms with E-state index in [0.717, 1.165) is 0 Å². The predicted octanol–water partition coefficient (Wildman–Crippen LogP) is 1.84. The summed E-state index contributed by atoms with van der Waals surface area (Å²) >= 11 is 0. The maximum Gasteiger partial charge on any atom is 0.331 e. The maximum atomic E-state index is 10.8. The number of anilines is 1. The van der Waals surface area contributed by atoms with Crippen LogP contribution in [0.3, 0.4) is 0 Å². The number of nitro groups is 1. The van der Waals surface area contributed by atoms with Gasteiger partial charge in [-0.3, -0.25) is 10.1 Å². The van der Waals surface area contributed by atoms with Gasteiger partial charge in [-0.1, -0.05) is 0 Å². The maximum absolute atomic E-state index is 10.8. The minimum atomic E-state index is -0.515. The Morgan fingerprint density at radius 1 is 1.39 bits per heavy atom. The molecular weight excluding hydrogens is 238 g/mol. The van der Waals surface area contributed by atoms with Gasteiger partial charge in [-0.2, -0.15) is 4.98 Å². The molecule has 0 radical (unpaired) electrons. The van der Waals surface area contributed by atoms with Crippen LogP contribution >= 0.6 is 0 Å². The van der Waals surface area contributed by atoms with Gasteiger partial charge in [0.1, 0.15) is 12.4 Å². The van der Waals surface area contributed by atoms with Crippen molar-refractivity contribution in [3.8, 4) is 5.88 Å². The van der Waals surface area contributed by atoms with Gasteiger partial charge in [0, 0.05) is 19.2 Å². The minimum absolute atomic E-state index is 0.0122. The average molecular weight is 255 g/mol. The lowest BCUT2D eigenvalue weighted by molar-refractivity contribution is -0.386. The molecule has 0 fully saturated rings. The van der Waals surface area contributed by atoms with E-state index in [1.54, 1.807) is 6.07 Å². The SMILES string of the molecule is CCNc1ccc([N+](=O)[O-])c(OCCOCC)n1. The predicted molar refractivity (Wildman–Crippen MR) is 67.0 cm³/mol. The van der Waals surface area contributed by atoms with E-state index >= 15 is 0 Å². The molecule has 100 valence electrons. The van der Waals surface area contributed by atoms with E-state index in [4.69, 9.17) is 9.47 Å². The van der Waals surface area contributed by atoms with Gasteiger partial charge < -0.3 is 14.8 Å². The fourth-order valence-corrected chi connectivity index (χ4v) is 1.30. The topological polar surface area (TPSA) is 86.5 Å². The smallest absolute Gasteiger partial charge is 0.331 e. The summed E-state index contributed by atoms with van der Waals surface area (Å²) < 4.78 is 10.4. The third kappa shape index (κ3) is 4.17. The fourth-order valence-electron chi connectivity index (χ4n) is 1.30. The molecule has 0 aliphatic rings. The second-order valence-electron chi connectivity index (χ2n) is 3.35. The molecule has 0 amide bonds. The lowest BCUT2D eigenvalue weighted by Crippen LogP contribution is -2.09. The molecule has 0 atom stereocenters. The highest BCUT2D eigenvalue weighted by Gasteiger charge is 2.17. The molecular formula is C11H17N3O4. The van der Waals surface area contributed by atoms with Crippen LogP contribution in [0.4, 0.5) is 11.5 Å². The summed E-state index contributed by atoms with van der Waals surface area (Å²) in [5.41, 5.74) is -0.145. The number of hydrogen-bond donors (Lipinski definition) is 1. The number of nitrogens with zero attached hydrogens (tertiary/aromatic N) is 2. The molecule has 1 N–H and O–H groups in total. The second-order valence-corrected chi connectivity index (χ2v) is 3.35. The molecule has 7 nitrogen and oxygen atoms in total. The number of rotatable bonds is 8. The van der Waals surface area contributed by atoms with Gasteiger partial charge in [-0.05, 0) is 19.9 Å². The lowest BCUT2D eigenvalue weighted by Gasteiger charge is -2.08. The van der Waals surface area contributed by atoms with E-state index in [1.165, 1.54) is 6.07 Å². The van der Waals surface area contributed by atoms with Crippen LogP contribution in [-0.2, 0) is 4.74 Å². The fraction of sp³-hybridized carbons (Fsp3) is 0.545. The number of pyridine rings is 1. The third-order valence-corrected chi connectivity index (χ3v) is 2.07. The van der Waals surface area contributed by atoms with Gasteiger partial charge in [-0.25, -0.2) is 0 Å². The van der Waals surface area contributed by atoms with Crippen LogP contribution in [0, 0.1) is 10.1 Å². The molecule has 0 spiro atoms. The molecule has 0 aromatic carbocycles. The Morgan fingerprint density at radius 2 is 2.17 bits per heavy atom. The van der Waals surface area contributed by atoms with Crippen LogP contribution < -0.4 is 10.1 Å². The first kappa shape index (κ1) is 14.2. The van der Waals surface area contributed by atoms with Crippen molar-refractivity contribution in [3.63, 3.8) is 0 Å². The molecule has 18 heavy (non-hydrogen) atoms. The summed E-state index contributed by atoms with van der Waals surface area (Å²) in [6, 6.07) is 2.93. The molecule has 0 aliphatic heterocycles. The Balaban J connectivity index is 2.76. The number of ether oxygens (including phenoxy) is 2. The van der Waals surface area contributed by atoms with Gasteiger partial charge in [0.05, 0.1) is 11.5 Å². The van der Waals surface area contributed by atoms with Crippen molar-refractivity contribution < 1.29 is 14.4 Å². The Morgan fingerprint density at radius 3 is 2.78 bits per heavy atom. The quantitative estimate of drug-likeness (QED) is 0.433. The standard InChI is InChI=1S/C11H17N3O4/c1-3-12-10-6-5-9(14(15)16)11(13-10)18-8-7-17-4-2/h5-6H,3-4,7-8H2,1-2H3,(H,12,13). The first-order valence-corrected chi connectivity index (χ1v) is 5.78. The van der Waals surface area contributed by atoms with E-state index in [1.807, 2.05) is 13.8 Å². The zero-order chi connectivity index (χ0) is 13.4. The Kier molecular flexibility index (Phi) is 5.86. The van der Waals surface area contributed by atoms with Gasteiger partial charge in [0.15, 0.2) is 0 Å². The zero-order valence-electron chi connectivity index (χ0n) is 10.5. The van der Waals surface area contributed by atoms with Gasteiger partial charge >= 0.3 is 5.69 Å². The number of aromatic nitrogens is 1. The molecule has 0 bridgehead atoms. The van der Waals surface area contributed by atoms with Crippen molar-refractivity contribution in [3.05, 3.63) is 22.2 Å². The summed E-state index contributed by atoms with van der Waals surface area (Å²) in [5, 5.41) is 13.8. The summed E-state index contributed by atoms with van der Waals surface area (Å²) in [7, 11) is 0. The van der Waals surface area contributed by atoms with E-state index < -0.39 is 4.92 Å². The van der Waals surface area contributed by atoms with Crippen LogP contribution in [0.1, 0.15) is 13.8 Å². The molecule has 0 saturated carbocycles. The van der Waals surface area contributed by atoms with Crippen molar-refractivity contribution in [2.45, 2.75) is 13.8 Å².